The highest BCUT2D eigenvalue weighted by Crippen LogP contribution is 2.19. The zero-order valence-electron chi connectivity index (χ0n) is 12.8. The Balaban J connectivity index is 0.00000220. The molecule has 116 valence electrons. The molecule has 0 saturated heterocycles. The van der Waals surface area contributed by atoms with Gasteiger partial charge >= 0.3 is 0 Å². The van der Waals surface area contributed by atoms with Crippen molar-refractivity contribution in [2.75, 3.05) is 11.9 Å². The van der Waals surface area contributed by atoms with E-state index in [4.69, 9.17) is 5.73 Å². The van der Waals surface area contributed by atoms with Crippen molar-refractivity contribution in [1.29, 1.82) is 0 Å². The average Bonchev–Trinajstić information content (AvgIpc) is 2.48. The second kappa shape index (κ2) is 9.82. The van der Waals surface area contributed by atoms with Gasteiger partial charge < -0.3 is 11.1 Å². The molecule has 0 spiro atoms. The molecule has 0 bridgehead atoms. The molecule has 3 nitrogen and oxygen atoms in total. The van der Waals surface area contributed by atoms with Crippen LogP contribution in [0.4, 0.5) is 5.69 Å². The maximum absolute atomic E-state index is 5.93. The molecular weight excluding hydrogens is 373 g/mol. The third-order valence-electron chi connectivity index (χ3n) is 3.71. The van der Waals surface area contributed by atoms with Crippen molar-refractivity contribution < 1.29 is 0 Å². The highest BCUT2D eigenvalue weighted by Gasteiger charge is 2.03. The molecular formula is C17H26IN3. The van der Waals surface area contributed by atoms with Crippen LogP contribution in [0.25, 0.3) is 0 Å². The van der Waals surface area contributed by atoms with E-state index in [-0.39, 0.29) is 24.0 Å². The number of allylic oxidation sites excluding steroid dienone is 1. The van der Waals surface area contributed by atoms with Gasteiger partial charge in [-0.25, -0.2) is 0 Å². The van der Waals surface area contributed by atoms with Crippen molar-refractivity contribution in [2.45, 2.75) is 45.4 Å². The lowest BCUT2D eigenvalue weighted by Crippen LogP contribution is -2.23. The lowest BCUT2D eigenvalue weighted by atomic mass is 9.97. The molecule has 0 amide bonds. The van der Waals surface area contributed by atoms with E-state index in [0.717, 1.165) is 25.1 Å². The number of nitrogens with zero attached hydrogens (tertiary/aromatic N) is 1. The van der Waals surface area contributed by atoms with Gasteiger partial charge in [0.25, 0.3) is 0 Å². The van der Waals surface area contributed by atoms with Crippen molar-refractivity contribution >= 4 is 35.6 Å². The molecule has 0 radical (unpaired) electrons. The van der Waals surface area contributed by atoms with Gasteiger partial charge in [-0.05, 0) is 56.2 Å². The van der Waals surface area contributed by atoms with Gasteiger partial charge in [0.15, 0.2) is 5.96 Å². The summed E-state index contributed by atoms with van der Waals surface area (Å²) in [4.78, 5) is 4.41. The molecule has 1 aromatic rings. The largest absolute Gasteiger partial charge is 0.370 e. The summed E-state index contributed by atoms with van der Waals surface area (Å²) in [7, 11) is 0. The first kappa shape index (κ1) is 18.0. The van der Waals surface area contributed by atoms with Crippen molar-refractivity contribution in [1.82, 2.24) is 0 Å². The van der Waals surface area contributed by atoms with E-state index in [1.54, 1.807) is 5.57 Å². The number of aryl methyl sites for hydroxylation is 1. The SMILES string of the molecule is CCc1cccc(NC(N)=NCCC2=CCCCC2)c1.I. The second-order valence-electron chi connectivity index (χ2n) is 5.30. The number of aliphatic imine (C=N–C) groups is 1. The van der Waals surface area contributed by atoms with Crippen molar-refractivity contribution in [3.8, 4) is 0 Å². The van der Waals surface area contributed by atoms with Crippen LogP contribution in [0.2, 0.25) is 0 Å². The summed E-state index contributed by atoms with van der Waals surface area (Å²) < 4.78 is 0. The minimum atomic E-state index is 0. The van der Waals surface area contributed by atoms with Gasteiger partial charge in [-0.2, -0.15) is 0 Å². The summed E-state index contributed by atoms with van der Waals surface area (Å²) in [5.74, 6) is 0.509. The third kappa shape index (κ3) is 6.50. The number of guanidine groups is 1. The van der Waals surface area contributed by atoms with E-state index in [1.165, 1.54) is 31.2 Å². The van der Waals surface area contributed by atoms with Crippen LogP contribution >= 0.6 is 24.0 Å². The van der Waals surface area contributed by atoms with Gasteiger partial charge in [-0.1, -0.05) is 30.7 Å². The van der Waals surface area contributed by atoms with Crippen LogP contribution in [0, 0.1) is 0 Å². The molecule has 0 heterocycles. The van der Waals surface area contributed by atoms with E-state index in [1.807, 2.05) is 12.1 Å². The predicted octanol–water partition coefficient (Wildman–Crippen LogP) is 4.48. The Bertz CT molecular complexity index is 495. The van der Waals surface area contributed by atoms with Gasteiger partial charge in [0.2, 0.25) is 0 Å². The fraction of sp³-hybridized carbons (Fsp3) is 0.471. The van der Waals surface area contributed by atoms with Crippen molar-refractivity contribution in [3.63, 3.8) is 0 Å². The molecule has 0 atom stereocenters. The number of rotatable bonds is 5. The number of nitrogens with one attached hydrogen (secondary N) is 1. The number of halogens is 1. The molecule has 1 aliphatic rings. The highest BCUT2D eigenvalue weighted by molar-refractivity contribution is 14.0. The van der Waals surface area contributed by atoms with Gasteiger partial charge in [0.1, 0.15) is 0 Å². The standard InChI is InChI=1S/C17H25N3.HI/c1-2-14-9-6-10-16(13-14)20-17(18)19-12-11-15-7-4-3-5-8-15;/h6-7,9-10,13H,2-5,8,11-12H2,1H3,(H3,18,19,20);1H. The third-order valence-corrected chi connectivity index (χ3v) is 3.71. The van der Waals surface area contributed by atoms with Crippen LogP contribution in [0.1, 0.15) is 44.6 Å². The second-order valence-corrected chi connectivity index (χ2v) is 5.30. The zero-order valence-corrected chi connectivity index (χ0v) is 15.1. The normalized spacial score (nSPS) is 15.1. The average molecular weight is 399 g/mol. The fourth-order valence-electron chi connectivity index (χ4n) is 2.51. The van der Waals surface area contributed by atoms with E-state index < -0.39 is 0 Å². The fourth-order valence-corrected chi connectivity index (χ4v) is 2.51. The first-order valence-corrected chi connectivity index (χ1v) is 7.61. The Kier molecular flexibility index (Phi) is 8.42. The number of hydrogen-bond donors (Lipinski definition) is 2. The summed E-state index contributed by atoms with van der Waals surface area (Å²) in [6.45, 7) is 2.92. The molecule has 1 aliphatic carbocycles. The topological polar surface area (TPSA) is 50.4 Å². The van der Waals surface area contributed by atoms with Gasteiger partial charge in [-0.3, -0.25) is 4.99 Å². The summed E-state index contributed by atoms with van der Waals surface area (Å²) >= 11 is 0. The number of benzene rings is 1. The summed E-state index contributed by atoms with van der Waals surface area (Å²) in [6.07, 6.45) is 9.57. The summed E-state index contributed by atoms with van der Waals surface area (Å²) in [6, 6.07) is 8.30. The minimum Gasteiger partial charge on any atom is -0.370 e. The van der Waals surface area contributed by atoms with Crippen molar-refractivity contribution in [2.24, 2.45) is 10.7 Å². The lowest BCUT2D eigenvalue weighted by Gasteiger charge is -2.11. The first-order valence-electron chi connectivity index (χ1n) is 7.61. The molecule has 2 rings (SSSR count). The highest BCUT2D eigenvalue weighted by atomic mass is 127. The number of anilines is 1. The maximum Gasteiger partial charge on any atom is 0.193 e. The van der Waals surface area contributed by atoms with E-state index in [0.29, 0.717) is 5.96 Å². The molecule has 0 aromatic heterocycles. The minimum absolute atomic E-state index is 0. The van der Waals surface area contributed by atoms with Crippen LogP contribution in [-0.4, -0.2) is 12.5 Å². The van der Waals surface area contributed by atoms with E-state index in [9.17, 15) is 0 Å². The maximum atomic E-state index is 5.93. The zero-order chi connectivity index (χ0) is 14.2. The van der Waals surface area contributed by atoms with Crippen LogP contribution in [-0.2, 0) is 6.42 Å². The Morgan fingerprint density at radius 3 is 2.90 bits per heavy atom. The molecule has 0 saturated carbocycles. The summed E-state index contributed by atoms with van der Waals surface area (Å²) in [5.41, 5.74) is 9.79. The lowest BCUT2D eigenvalue weighted by molar-refractivity contribution is 0.676. The van der Waals surface area contributed by atoms with Crippen LogP contribution in [0.5, 0.6) is 0 Å². The van der Waals surface area contributed by atoms with E-state index in [2.05, 4.69) is 35.4 Å². The summed E-state index contributed by atoms with van der Waals surface area (Å²) in [5, 5.41) is 3.16. The molecule has 0 unspecified atom stereocenters. The molecule has 0 aliphatic heterocycles. The quantitative estimate of drug-likeness (QED) is 0.332. The molecule has 1 aromatic carbocycles. The van der Waals surface area contributed by atoms with Crippen LogP contribution in [0.3, 0.4) is 0 Å². The van der Waals surface area contributed by atoms with E-state index >= 15 is 0 Å². The van der Waals surface area contributed by atoms with Gasteiger partial charge in [0.05, 0.1) is 0 Å². The Labute approximate surface area is 145 Å². The molecule has 4 heteroatoms. The Morgan fingerprint density at radius 2 is 2.19 bits per heavy atom. The van der Waals surface area contributed by atoms with Crippen LogP contribution in [0.15, 0.2) is 40.9 Å². The Hall–Kier alpha value is -1.04. The molecule has 21 heavy (non-hydrogen) atoms. The Morgan fingerprint density at radius 1 is 1.33 bits per heavy atom. The predicted molar refractivity (Wildman–Crippen MR) is 103 cm³/mol. The van der Waals surface area contributed by atoms with Crippen molar-refractivity contribution in [3.05, 3.63) is 41.5 Å². The van der Waals surface area contributed by atoms with Crippen LogP contribution < -0.4 is 11.1 Å². The van der Waals surface area contributed by atoms with Gasteiger partial charge in [-0.15, -0.1) is 24.0 Å². The monoisotopic (exact) mass is 399 g/mol. The first-order chi connectivity index (χ1) is 9.78. The van der Waals surface area contributed by atoms with Gasteiger partial charge in [0, 0.05) is 12.2 Å². The number of nitrogens with two attached hydrogens (primary N) is 1. The smallest absolute Gasteiger partial charge is 0.193 e. The number of hydrogen-bond acceptors (Lipinski definition) is 1. The molecule has 3 N–H and O–H groups in total. The molecule has 0 fully saturated rings.